The van der Waals surface area contributed by atoms with Crippen molar-refractivity contribution in [2.75, 3.05) is 0 Å². The van der Waals surface area contributed by atoms with Crippen LogP contribution in [0.15, 0.2) is 133 Å². The molecule has 6 rings (SSSR count). The fourth-order valence-electron chi connectivity index (χ4n) is 4.94. The van der Waals surface area contributed by atoms with E-state index in [2.05, 4.69) is 77.4 Å². The predicted molar refractivity (Wildman–Crippen MR) is 146 cm³/mol. The van der Waals surface area contributed by atoms with Crippen molar-refractivity contribution >= 4 is 16.6 Å². The lowest BCUT2D eigenvalue weighted by molar-refractivity contribution is -0.384. The summed E-state index contributed by atoms with van der Waals surface area (Å²) in [5, 5.41) is 12.9. The number of aromatic nitrogens is 1. The first-order chi connectivity index (χ1) is 17.7. The third-order valence-electron chi connectivity index (χ3n) is 6.50. The van der Waals surface area contributed by atoms with Gasteiger partial charge in [0.15, 0.2) is 0 Å². The first-order valence-corrected chi connectivity index (χ1v) is 11.8. The first-order valence-electron chi connectivity index (χ1n) is 11.8. The van der Waals surface area contributed by atoms with Gasteiger partial charge in [0.25, 0.3) is 5.69 Å². The van der Waals surface area contributed by atoms with Crippen molar-refractivity contribution in [3.05, 3.63) is 144 Å². The molecule has 0 amide bonds. The molecule has 4 heteroatoms. The topological polar surface area (TPSA) is 48.1 Å². The molecule has 0 radical (unpaired) electrons. The van der Waals surface area contributed by atoms with Crippen LogP contribution in [0.5, 0.6) is 0 Å². The Bertz CT molecular complexity index is 1690. The van der Waals surface area contributed by atoms with E-state index in [1.165, 1.54) is 0 Å². The Hall–Kier alpha value is -4.96. The van der Waals surface area contributed by atoms with Crippen LogP contribution in [-0.2, 0) is 0 Å². The summed E-state index contributed by atoms with van der Waals surface area (Å²) < 4.78 is 2.27. The van der Waals surface area contributed by atoms with Gasteiger partial charge in [-0.3, -0.25) is 10.1 Å². The average molecular weight is 467 g/mol. The van der Waals surface area contributed by atoms with Crippen molar-refractivity contribution in [3.63, 3.8) is 0 Å². The zero-order valence-electron chi connectivity index (χ0n) is 19.4. The molecule has 1 aromatic heterocycles. The number of nitrogens with zero attached hydrogens (tertiary/aromatic N) is 2. The second kappa shape index (κ2) is 9.01. The van der Waals surface area contributed by atoms with Crippen molar-refractivity contribution in [2.24, 2.45) is 0 Å². The van der Waals surface area contributed by atoms with Gasteiger partial charge in [-0.15, -0.1) is 0 Å². The molecule has 0 unspecified atom stereocenters. The van der Waals surface area contributed by atoms with Gasteiger partial charge in [0.05, 0.1) is 21.7 Å². The van der Waals surface area contributed by atoms with Crippen molar-refractivity contribution in [1.29, 1.82) is 0 Å². The predicted octanol–water partition coefficient (Wildman–Crippen LogP) is 8.54. The fourth-order valence-corrected chi connectivity index (χ4v) is 4.94. The van der Waals surface area contributed by atoms with Crippen LogP contribution in [0.3, 0.4) is 0 Å². The summed E-state index contributed by atoms with van der Waals surface area (Å²) in [6.45, 7) is 0. The van der Waals surface area contributed by atoms with Gasteiger partial charge in [-0.1, -0.05) is 103 Å². The van der Waals surface area contributed by atoms with E-state index in [4.69, 9.17) is 0 Å². The van der Waals surface area contributed by atoms with E-state index in [1.807, 2.05) is 48.5 Å². The van der Waals surface area contributed by atoms with E-state index in [-0.39, 0.29) is 10.6 Å². The molecule has 0 aliphatic rings. The molecule has 0 atom stereocenters. The first kappa shape index (κ1) is 21.6. The van der Waals surface area contributed by atoms with E-state index in [1.54, 1.807) is 12.1 Å². The van der Waals surface area contributed by atoms with Gasteiger partial charge < -0.3 is 4.57 Å². The monoisotopic (exact) mass is 466 g/mol. The van der Waals surface area contributed by atoms with Gasteiger partial charge >= 0.3 is 0 Å². The van der Waals surface area contributed by atoms with Gasteiger partial charge in [-0.2, -0.15) is 0 Å². The maximum Gasteiger partial charge on any atom is 0.277 e. The van der Waals surface area contributed by atoms with Crippen LogP contribution in [-0.4, -0.2) is 9.49 Å². The Labute approximate surface area is 208 Å². The third kappa shape index (κ3) is 3.65. The maximum atomic E-state index is 11.8. The number of nitro benzene ring substituents is 1. The van der Waals surface area contributed by atoms with Gasteiger partial charge in [-0.05, 0) is 41.0 Å². The number of para-hydroxylation sites is 2. The second-order valence-electron chi connectivity index (χ2n) is 8.63. The molecule has 5 aromatic carbocycles. The molecule has 36 heavy (non-hydrogen) atoms. The van der Waals surface area contributed by atoms with Crippen LogP contribution in [0.4, 0.5) is 5.69 Å². The lowest BCUT2D eigenvalue weighted by atomic mass is 9.96. The molecule has 0 spiro atoms. The number of rotatable bonds is 5. The minimum atomic E-state index is -0.319. The van der Waals surface area contributed by atoms with Crippen LogP contribution in [0.25, 0.3) is 50.1 Å². The Morgan fingerprint density at radius 1 is 0.583 bits per heavy atom. The van der Waals surface area contributed by atoms with Crippen molar-refractivity contribution in [1.82, 2.24) is 4.57 Å². The Balaban J connectivity index is 1.75. The standard InChI is InChI=1S/C32H22N2O2/c35-34(36)29-19-11-10-18-27(29)25-20-21-28-30(22-25)33(26-16-8-3-9-17-26)32(24-14-6-2-7-15-24)31(28)23-12-4-1-5-13-23/h1-22H. The Morgan fingerprint density at radius 3 is 1.83 bits per heavy atom. The molecule has 0 fully saturated rings. The van der Waals surface area contributed by atoms with Crippen molar-refractivity contribution in [2.45, 2.75) is 0 Å². The van der Waals surface area contributed by atoms with E-state index in [0.717, 1.165) is 44.5 Å². The number of hydrogen-bond acceptors (Lipinski definition) is 2. The molecular weight excluding hydrogens is 444 g/mol. The molecule has 172 valence electrons. The van der Waals surface area contributed by atoms with Gasteiger partial charge in [0, 0.05) is 22.7 Å². The summed E-state index contributed by atoms with van der Waals surface area (Å²) in [5.74, 6) is 0. The SMILES string of the molecule is O=[N+]([O-])c1ccccc1-c1ccc2c(-c3ccccc3)c(-c3ccccc3)n(-c3ccccc3)c2c1. The molecule has 0 bridgehead atoms. The highest BCUT2D eigenvalue weighted by molar-refractivity contribution is 6.07. The van der Waals surface area contributed by atoms with Crippen LogP contribution >= 0.6 is 0 Å². The maximum absolute atomic E-state index is 11.8. The molecule has 4 nitrogen and oxygen atoms in total. The summed E-state index contributed by atoms with van der Waals surface area (Å²) in [6, 6.07) is 44.1. The fraction of sp³-hybridized carbons (Fsp3) is 0. The van der Waals surface area contributed by atoms with Crippen LogP contribution in [0.1, 0.15) is 0 Å². The quantitative estimate of drug-likeness (QED) is 0.189. The van der Waals surface area contributed by atoms with Gasteiger partial charge in [0.2, 0.25) is 0 Å². The Morgan fingerprint density at radius 2 is 1.17 bits per heavy atom. The molecule has 0 N–H and O–H groups in total. The summed E-state index contributed by atoms with van der Waals surface area (Å²) in [7, 11) is 0. The highest BCUT2D eigenvalue weighted by atomic mass is 16.6. The lowest BCUT2D eigenvalue weighted by Gasteiger charge is -2.13. The number of benzene rings is 5. The molecule has 0 aliphatic carbocycles. The number of hydrogen-bond donors (Lipinski definition) is 0. The van der Waals surface area contributed by atoms with E-state index in [9.17, 15) is 10.1 Å². The summed E-state index contributed by atoms with van der Waals surface area (Å²) in [4.78, 5) is 11.5. The van der Waals surface area contributed by atoms with Crippen LogP contribution in [0, 0.1) is 10.1 Å². The Kier molecular flexibility index (Phi) is 5.39. The molecule has 0 aliphatic heterocycles. The average Bonchev–Trinajstić information content (AvgIpc) is 3.29. The zero-order chi connectivity index (χ0) is 24.5. The molecule has 0 saturated heterocycles. The van der Waals surface area contributed by atoms with E-state index < -0.39 is 0 Å². The molecule has 1 heterocycles. The molecule has 6 aromatic rings. The number of fused-ring (bicyclic) bond motifs is 1. The second-order valence-corrected chi connectivity index (χ2v) is 8.63. The van der Waals surface area contributed by atoms with Crippen LogP contribution in [0.2, 0.25) is 0 Å². The van der Waals surface area contributed by atoms with Crippen molar-refractivity contribution in [3.8, 4) is 39.2 Å². The van der Waals surface area contributed by atoms with E-state index in [0.29, 0.717) is 5.56 Å². The summed E-state index contributed by atoms with van der Waals surface area (Å²) in [5.41, 5.74) is 7.98. The minimum absolute atomic E-state index is 0.0984. The normalized spacial score (nSPS) is 11.0. The van der Waals surface area contributed by atoms with E-state index >= 15 is 0 Å². The highest BCUT2D eigenvalue weighted by Crippen LogP contribution is 2.44. The largest absolute Gasteiger partial charge is 0.309 e. The van der Waals surface area contributed by atoms with Gasteiger partial charge in [-0.25, -0.2) is 0 Å². The zero-order valence-corrected chi connectivity index (χ0v) is 19.4. The highest BCUT2D eigenvalue weighted by Gasteiger charge is 2.23. The van der Waals surface area contributed by atoms with Crippen LogP contribution < -0.4 is 0 Å². The smallest absolute Gasteiger partial charge is 0.277 e. The molecular formula is C32H22N2O2. The third-order valence-corrected chi connectivity index (χ3v) is 6.50. The van der Waals surface area contributed by atoms with Crippen molar-refractivity contribution < 1.29 is 4.92 Å². The minimum Gasteiger partial charge on any atom is -0.309 e. The van der Waals surface area contributed by atoms with Gasteiger partial charge in [0.1, 0.15) is 0 Å². The summed E-state index contributed by atoms with van der Waals surface area (Å²) >= 11 is 0. The summed E-state index contributed by atoms with van der Waals surface area (Å²) in [6.07, 6.45) is 0. The molecule has 0 saturated carbocycles. The number of nitro groups is 1. The lowest BCUT2D eigenvalue weighted by Crippen LogP contribution is -1.97.